The minimum Gasteiger partial charge on any atom is -0.475 e. The van der Waals surface area contributed by atoms with E-state index in [1.807, 2.05) is 0 Å². The topological polar surface area (TPSA) is 49.3 Å². The Bertz CT molecular complexity index is 646. The van der Waals surface area contributed by atoms with E-state index in [0.29, 0.717) is 5.56 Å². The van der Waals surface area contributed by atoms with Crippen LogP contribution in [-0.4, -0.2) is 30.3 Å². The van der Waals surface area contributed by atoms with Crippen molar-refractivity contribution in [1.29, 1.82) is 0 Å². The van der Waals surface area contributed by atoms with Gasteiger partial charge in [-0.3, -0.25) is 0 Å². The van der Waals surface area contributed by atoms with Crippen LogP contribution in [0.1, 0.15) is 24.5 Å². The number of hydrogen-bond acceptors (Lipinski definition) is 2. The number of benzene rings is 1. The summed E-state index contributed by atoms with van der Waals surface area (Å²) in [6, 6.07) is 4.97. The van der Waals surface area contributed by atoms with E-state index in [4.69, 9.17) is 9.90 Å². The second-order valence-corrected chi connectivity index (χ2v) is 5.62. The predicted octanol–water partition coefficient (Wildman–Crippen LogP) is 3.69. The highest BCUT2D eigenvalue weighted by molar-refractivity contribution is 5.73. The van der Waals surface area contributed by atoms with Gasteiger partial charge in [0, 0.05) is 17.5 Å². The molecule has 1 heterocycles. The third-order valence-electron chi connectivity index (χ3n) is 3.33. The Morgan fingerprint density at radius 2 is 1.68 bits per heavy atom. The Kier molecular flexibility index (Phi) is 6.48. The lowest BCUT2D eigenvalue weighted by atomic mass is 9.90. The molecular formula is C16H15F6NO2. The third-order valence-corrected chi connectivity index (χ3v) is 3.33. The fourth-order valence-electron chi connectivity index (χ4n) is 1.89. The first-order valence-electron chi connectivity index (χ1n) is 7.05. The zero-order chi connectivity index (χ0) is 19.3. The van der Waals surface area contributed by atoms with Gasteiger partial charge in [0.25, 0.3) is 0 Å². The van der Waals surface area contributed by atoms with Gasteiger partial charge in [-0.1, -0.05) is 11.8 Å². The number of carboxylic acids is 1. The van der Waals surface area contributed by atoms with Gasteiger partial charge in [-0.25, -0.2) is 4.79 Å². The summed E-state index contributed by atoms with van der Waals surface area (Å²) in [4.78, 5) is 8.90. The van der Waals surface area contributed by atoms with Crippen LogP contribution in [-0.2, 0) is 11.0 Å². The van der Waals surface area contributed by atoms with Crippen molar-refractivity contribution >= 4 is 5.97 Å². The number of carboxylic acid groups (broad SMARTS) is 1. The highest BCUT2D eigenvalue weighted by Crippen LogP contribution is 2.29. The number of aliphatic carboxylic acids is 1. The quantitative estimate of drug-likeness (QED) is 0.543. The Morgan fingerprint density at radius 3 is 2.04 bits per heavy atom. The van der Waals surface area contributed by atoms with Crippen molar-refractivity contribution in [2.75, 3.05) is 13.1 Å². The van der Waals surface area contributed by atoms with Crippen LogP contribution < -0.4 is 5.32 Å². The van der Waals surface area contributed by atoms with Crippen molar-refractivity contribution in [1.82, 2.24) is 5.32 Å². The number of halogens is 6. The van der Waals surface area contributed by atoms with Gasteiger partial charge in [0.1, 0.15) is 0 Å². The Labute approximate surface area is 140 Å². The van der Waals surface area contributed by atoms with Gasteiger partial charge in [-0.15, -0.1) is 0 Å². The molecule has 0 saturated carbocycles. The van der Waals surface area contributed by atoms with Crippen LogP contribution in [0.3, 0.4) is 0 Å². The Balaban J connectivity index is 0.000000381. The van der Waals surface area contributed by atoms with Crippen LogP contribution >= 0.6 is 0 Å². The van der Waals surface area contributed by atoms with E-state index < -0.39 is 23.9 Å². The molecule has 1 aliphatic rings. The number of carbonyl (C=O) groups is 1. The molecule has 1 atom stereocenters. The lowest BCUT2D eigenvalue weighted by Gasteiger charge is -2.13. The maximum atomic E-state index is 12.4. The summed E-state index contributed by atoms with van der Waals surface area (Å²) in [6.45, 7) is 3.84. The normalized spacial score (nSPS) is 20.1. The monoisotopic (exact) mass is 367 g/mol. The van der Waals surface area contributed by atoms with Crippen molar-refractivity contribution in [3.63, 3.8) is 0 Å². The smallest absolute Gasteiger partial charge is 0.475 e. The molecule has 9 heteroatoms. The van der Waals surface area contributed by atoms with E-state index in [1.54, 1.807) is 0 Å². The molecule has 1 aliphatic heterocycles. The molecule has 25 heavy (non-hydrogen) atoms. The molecule has 0 aromatic heterocycles. The molecule has 3 nitrogen and oxygen atoms in total. The van der Waals surface area contributed by atoms with Crippen molar-refractivity contribution in [3.8, 4) is 11.8 Å². The van der Waals surface area contributed by atoms with Crippen molar-refractivity contribution in [2.24, 2.45) is 5.41 Å². The number of rotatable bonds is 0. The molecule has 0 bridgehead atoms. The van der Waals surface area contributed by atoms with Crippen LogP contribution in [0.15, 0.2) is 24.3 Å². The summed E-state index contributed by atoms with van der Waals surface area (Å²) in [5, 5.41) is 10.4. The van der Waals surface area contributed by atoms with E-state index in [9.17, 15) is 26.3 Å². The average Bonchev–Trinajstić information content (AvgIpc) is 2.92. The molecule has 0 spiro atoms. The van der Waals surface area contributed by atoms with E-state index in [1.165, 1.54) is 12.1 Å². The van der Waals surface area contributed by atoms with Gasteiger partial charge in [0.15, 0.2) is 0 Å². The first-order valence-corrected chi connectivity index (χ1v) is 7.05. The molecule has 2 N–H and O–H groups in total. The van der Waals surface area contributed by atoms with Gasteiger partial charge in [-0.2, -0.15) is 26.3 Å². The molecule has 1 aromatic carbocycles. The molecule has 138 valence electrons. The molecule has 2 rings (SSSR count). The lowest BCUT2D eigenvalue weighted by molar-refractivity contribution is -0.192. The molecule has 0 amide bonds. The predicted molar refractivity (Wildman–Crippen MR) is 77.6 cm³/mol. The van der Waals surface area contributed by atoms with Gasteiger partial charge in [0.2, 0.25) is 0 Å². The molecule has 1 aromatic rings. The van der Waals surface area contributed by atoms with E-state index in [-0.39, 0.29) is 5.41 Å². The Morgan fingerprint density at radius 1 is 1.16 bits per heavy atom. The molecule has 0 aliphatic carbocycles. The summed E-state index contributed by atoms with van der Waals surface area (Å²) >= 11 is 0. The van der Waals surface area contributed by atoms with Crippen molar-refractivity contribution < 1.29 is 36.2 Å². The first kappa shape index (κ1) is 20.8. The standard InChI is InChI=1S/C14H14F3N.C2HF3O2/c1-13(8-9-18-10-13)7-6-11-2-4-12(5-3-11)14(15,16)17;3-2(4,5)1(6)7/h2-5,18H,8-10H2,1H3;(H,6,7). The summed E-state index contributed by atoms with van der Waals surface area (Å²) in [5.74, 6) is 3.33. The highest BCUT2D eigenvalue weighted by atomic mass is 19.4. The van der Waals surface area contributed by atoms with E-state index >= 15 is 0 Å². The number of hydrogen-bond donors (Lipinski definition) is 2. The summed E-state index contributed by atoms with van der Waals surface area (Å²) in [6.07, 6.45) is -8.39. The molecule has 0 radical (unpaired) electrons. The first-order chi connectivity index (χ1) is 11.3. The maximum absolute atomic E-state index is 12.4. The second-order valence-electron chi connectivity index (χ2n) is 5.62. The van der Waals surface area contributed by atoms with E-state index in [2.05, 4.69) is 24.1 Å². The van der Waals surface area contributed by atoms with Crippen LogP contribution in [0.25, 0.3) is 0 Å². The molecule has 1 fully saturated rings. The van der Waals surface area contributed by atoms with Crippen LogP contribution in [0, 0.1) is 17.3 Å². The maximum Gasteiger partial charge on any atom is 0.490 e. The van der Waals surface area contributed by atoms with Crippen molar-refractivity contribution in [3.05, 3.63) is 35.4 Å². The zero-order valence-electron chi connectivity index (χ0n) is 13.1. The minimum atomic E-state index is -5.08. The second kappa shape index (κ2) is 7.78. The van der Waals surface area contributed by atoms with Crippen molar-refractivity contribution in [2.45, 2.75) is 25.7 Å². The van der Waals surface area contributed by atoms with Crippen LogP contribution in [0.4, 0.5) is 26.3 Å². The van der Waals surface area contributed by atoms with Gasteiger partial charge in [0.05, 0.1) is 5.56 Å². The summed E-state index contributed by atoms with van der Waals surface area (Å²) in [7, 11) is 0. The Hall–Kier alpha value is -2.21. The largest absolute Gasteiger partial charge is 0.490 e. The molecule has 1 unspecified atom stereocenters. The zero-order valence-corrected chi connectivity index (χ0v) is 13.1. The van der Waals surface area contributed by atoms with Gasteiger partial charge in [-0.05, 0) is 44.2 Å². The van der Waals surface area contributed by atoms with Crippen LogP contribution in [0.2, 0.25) is 0 Å². The number of alkyl halides is 6. The average molecular weight is 367 g/mol. The van der Waals surface area contributed by atoms with Gasteiger partial charge < -0.3 is 10.4 Å². The number of nitrogens with one attached hydrogen (secondary N) is 1. The van der Waals surface area contributed by atoms with Crippen LogP contribution in [0.5, 0.6) is 0 Å². The summed E-state index contributed by atoms with van der Waals surface area (Å²) in [5.41, 5.74) is -0.0826. The van der Waals surface area contributed by atoms with E-state index in [0.717, 1.165) is 31.6 Å². The minimum absolute atomic E-state index is 0.0668. The fraction of sp³-hybridized carbons (Fsp3) is 0.438. The van der Waals surface area contributed by atoms with Gasteiger partial charge >= 0.3 is 18.3 Å². The highest BCUT2D eigenvalue weighted by Gasteiger charge is 2.38. The fourth-order valence-corrected chi connectivity index (χ4v) is 1.89. The summed E-state index contributed by atoms with van der Waals surface area (Å²) < 4.78 is 68.8. The molecular weight excluding hydrogens is 352 g/mol. The third kappa shape index (κ3) is 7.05. The SMILES string of the molecule is CC1(C#Cc2ccc(C(F)(F)F)cc2)CCNC1.O=C(O)C(F)(F)F. The molecule has 1 saturated heterocycles. The lowest BCUT2D eigenvalue weighted by Crippen LogP contribution is -2.21.